The molecule has 0 aromatic rings. The normalized spacial score (nSPS) is 19.2. The molecule has 0 saturated heterocycles. The molecular formula is C21H39N3O6. The van der Waals surface area contributed by atoms with Gasteiger partial charge in [-0.3, -0.25) is 14.4 Å². The maximum Gasteiger partial charge on any atom is 0.309 e. The van der Waals surface area contributed by atoms with Crippen LogP contribution in [0.2, 0.25) is 0 Å². The molecule has 9 nitrogen and oxygen atoms in total. The molecule has 1 rings (SSSR count). The van der Waals surface area contributed by atoms with Crippen molar-refractivity contribution >= 4 is 17.8 Å². The molecule has 0 radical (unpaired) electrons. The molecule has 2 amide bonds. The molecule has 0 aromatic carbocycles. The monoisotopic (exact) mass is 429 g/mol. The molecule has 1 saturated carbocycles. The van der Waals surface area contributed by atoms with E-state index < -0.39 is 5.60 Å². The van der Waals surface area contributed by atoms with Crippen molar-refractivity contribution in [2.24, 2.45) is 11.7 Å². The fourth-order valence-corrected chi connectivity index (χ4v) is 3.13. The lowest BCUT2D eigenvalue weighted by molar-refractivity contribution is -0.161. The number of ether oxygens (including phenoxy) is 3. The summed E-state index contributed by atoms with van der Waals surface area (Å²) in [5.41, 5.74) is 4.82. The zero-order valence-corrected chi connectivity index (χ0v) is 18.7. The standard InChI is InChI=1S/C21H39N3O6/c1-21(2,3)30-20(27)16-4-6-17(7-5-16)24-19(26)9-12-28-14-15-29-13-11-23-18(25)8-10-22/h16-17H,4-15,22H2,1-3H3,(H,23,25)(H,24,26). The number of nitrogens with one attached hydrogen (secondary N) is 2. The van der Waals surface area contributed by atoms with E-state index in [4.69, 9.17) is 19.9 Å². The van der Waals surface area contributed by atoms with E-state index in [0.29, 0.717) is 52.4 Å². The fourth-order valence-electron chi connectivity index (χ4n) is 3.13. The van der Waals surface area contributed by atoms with Gasteiger partial charge in [-0.2, -0.15) is 0 Å². The molecule has 9 heteroatoms. The molecule has 1 fully saturated rings. The number of nitrogens with two attached hydrogens (primary N) is 1. The lowest BCUT2D eigenvalue weighted by Crippen LogP contribution is -2.40. The number of hydrogen-bond acceptors (Lipinski definition) is 7. The van der Waals surface area contributed by atoms with Gasteiger partial charge in [0.2, 0.25) is 11.8 Å². The highest BCUT2D eigenvalue weighted by Gasteiger charge is 2.30. The Morgan fingerprint density at radius 2 is 1.53 bits per heavy atom. The second-order valence-corrected chi connectivity index (χ2v) is 8.51. The van der Waals surface area contributed by atoms with E-state index >= 15 is 0 Å². The van der Waals surface area contributed by atoms with Crippen LogP contribution in [0.1, 0.15) is 59.3 Å². The molecule has 0 heterocycles. The van der Waals surface area contributed by atoms with Crippen LogP contribution >= 0.6 is 0 Å². The first kappa shape index (κ1) is 26.3. The minimum absolute atomic E-state index is 0.0424. The third-order valence-electron chi connectivity index (χ3n) is 4.62. The van der Waals surface area contributed by atoms with Crippen LogP contribution in [0.15, 0.2) is 0 Å². The molecule has 4 N–H and O–H groups in total. The van der Waals surface area contributed by atoms with Gasteiger partial charge < -0.3 is 30.6 Å². The number of esters is 1. The lowest BCUT2D eigenvalue weighted by atomic mass is 9.86. The van der Waals surface area contributed by atoms with E-state index in [1.165, 1.54) is 0 Å². The van der Waals surface area contributed by atoms with Crippen LogP contribution in [0, 0.1) is 5.92 Å². The Kier molecular flexibility index (Phi) is 12.6. The van der Waals surface area contributed by atoms with Crippen LogP contribution in [-0.4, -0.2) is 68.9 Å². The van der Waals surface area contributed by atoms with Crippen LogP contribution in [-0.2, 0) is 28.6 Å². The van der Waals surface area contributed by atoms with Crippen molar-refractivity contribution in [1.82, 2.24) is 10.6 Å². The summed E-state index contributed by atoms with van der Waals surface area (Å²) in [5, 5.41) is 5.71. The smallest absolute Gasteiger partial charge is 0.309 e. The number of carbonyl (C=O) groups is 3. The van der Waals surface area contributed by atoms with Gasteiger partial charge >= 0.3 is 5.97 Å². The van der Waals surface area contributed by atoms with Gasteiger partial charge in [0.05, 0.1) is 32.3 Å². The summed E-state index contributed by atoms with van der Waals surface area (Å²) < 4.78 is 16.2. The van der Waals surface area contributed by atoms with Crippen molar-refractivity contribution < 1.29 is 28.6 Å². The largest absolute Gasteiger partial charge is 0.460 e. The molecule has 174 valence electrons. The van der Waals surface area contributed by atoms with Crippen LogP contribution in [0.25, 0.3) is 0 Å². The Morgan fingerprint density at radius 1 is 0.900 bits per heavy atom. The first-order valence-electron chi connectivity index (χ1n) is 10.9. The first-order chi connectivity index (χ1) is 14.2. The van der Waals surface area contributed by atoms with Crippen molar-refractivity contribution in [3.05, 3.63) is 0 Å². The Bertz CT molecular complexity index is 527. The Morgan fingerprint density at radius 3 is 2.13 bits per heavy atom. The minimum Gasteiger partial charge on any atom is -0.460 e. The van der Waals surface area contributed by atoms with Crippen molar-refractivity contribution in [3.63, 3.8) is 0 Å². The molecule has 0 spiro atoms. The fraction of sp³-hybridized carbons (Fsp3) is 0.857. The quantitative estimate of drug-likeness (QED) is 0.293. The van der Waals surface area contributed by atoms with Gasteiger partial charge in [-0.1, -0.05) is 0 Å². The third kappa shape index (κ3) is 12.8. The van der Waals surface area contributed by atoms with Crippen molar-refractivity contribution in [2.75, 3.05) is 39.5 Å². The van der Waals surface area contributed by atoms with E-state index in [-0.39, 0.29) is 29.7 Å². The summed E-state index contributed by atoms with van der Waals surface area (Å²) in [6.45, 7) is 7.92. The summed E-state index contributed by atoms with van der Waals surface area (Å²) in [7, 11) is 0. The van der Waals surface area contributed by atoms with E-state index in [2.05, 4.69) is 10.6 Å². The van der Waals surface area contributed by atoms with Gasteiger partial charge in [0.15, 0.2) is 0 Å². The van der Waals surface area contributed by atoms with E-state index in [1.807, 2.05) is 20.8 Å². The molecule has 0 bridgehead atoms. The second kappa shape index (κ2) is 14.3. The average Bonchev–Trinajstić information content (AvgIpc) is 2.66. The summed E-state index contributed by atoms with van der Waals surface area (Å²) in [6.07, 6.45) is 3.65. The van der Waals surface area contributed by atoms with Gasteiger partial charge in [-0.25, -0.2) is 0 Å². The lowest BCUT2D eigenvalue weighted by Gasteiger charge is -2.30. The molecule has 0 aliphatic heterocycles. The zero-order chi connectivity index (χ0) is 22.4. The highest BCUT2D eigenvalue weighted by atomic mass is 16.6. The Labute approximate surface area is 179 Å². The zero-order valence-electron chi connectivity index (χ0n) is 18.7. The molecule has 1 aliphatic carbocycles. The van der Waals surface area contributed by atoms with Gasteiger partial charge in [0.25, 0.3) is 0 Å². The third-order valence-corrected chi connectivity index (χ3v) is 4.62. The van der Waals surface area contributed by atoms with Crippen LogP contribution in [0.4, 0.5) is 0 Å². The first-order valence-corrected chi connectivity index (χ1v) is 10.9. The molecule has 0 atom stereocenters. The number of carbonyl (C=O) groups excluding carboxylic acids is 3. The van der Waals surface area contributed by atoms with Gasteiger partial charge in [0, 0.05) is 32.0 Å². The van der Waals surface area contributed by atoms with Crippen LogP contribution in [0.5, 0.6) is 0 Å². The Hall–Kier alpha value is -1.71. The maximum atomic E-state index is 12.1. The summed E-state index contributed by atoms with van der Waals surface area (Å²) >= 11 is 0. The van der Waals surface area contributed by atoms with Gasteiger partial charge in [0.1, 0.15) is 5.60 Å². The van der Waals surface area contributed by atoms with E-state index in [0.717, 1.165) is 25.7 Å². The Balaban J connectivity index is 2.00. The maximum absolute atomic E-state index is 12.1. The van der Waals surface area contributed by atoms with E-state index in [9.17, 15) is 14.4 Å². The predicted molar refractivity (Wildman–Crippen MR) is 113 cm³/mol. The number of hydrogen-bond donors (Lipinski definition) is 3. The van der Waals surface area contributed by atoms with Crippen molar-refractivity contribution in [3.8, 4) is 0 Å². The van der Waals surface area contributed by atoms with Crippen LogP contribution < -0.4 is 16.4 Å². The molecule has 0 unspecified atom stereocenters. The average molecular weight is 430 g/mol. The number of rotatable bonds is 13. The summed E-state index contributed by atoms with van der Waals surface area (Å²) in [4.78, 5) is 35.4. The predicted octanol–water partition coefficient (Wildman–Crippen LogP) is 0.891. The van der Waals surface area contributed by atoms with Gasteiger partial charge in [-0.15, -0.1) is 0 Å². The van der Waals surface area contributed by atoms with Gasteiger partial charge in [-0.05, 0) is 46.5 Å². The van der Waals surface area contributed by atoms with Crippen molar-refractivity contribution in [2.45, 2.75) is 70.9 Å². The molecule has 1 aliphatic rings. The van der Waals surface area contributed by atoms with Crippen LogP contribution in [0.3, 0.4) is 0 Å². The summed E-state index contributed by atoms with van der Waals surface area (Å²) in [5.74, 6) is -0.337. The summed E-state index contributed by atoms with van der Waals surface area (Å²) in [6, 6.07) is 0.106. The van der Waals surface area contributed by atoms with Crippen molar-refractivity contribution in [1.29, 1.82) is 0 Å². The highest BCUT2D eigenvalue weighted by Crippen LogP contribution is 2.27. The topological polar surface area (TPSA) is 129 Å². The second-order valence-electron chi connectivity index (χ2n) is 8.51. The highest BCUT2D eigenvalue weighted by molar-refractivity contribution is 5.76. The SMILES string of the molecule is CC(C)(C)OC(=O)C1CCC(NC(=O)CCOCCOCCNC(=O)CCN)CC1. The molecule has 30 heavy (non-hydrogen) atoms. The number of amides is 2. The minimum atomic E-state index is -0.465. The van der Waals surface area contributed by atoms with E-state index in [1.54, 1.807) is 0 Å². The molecule has 0 aromatic heterocycles. The molecular weight excluding hydrogens is 390 g/mol.